The van der Waals surface area contributed by atoms with Gasteiger partial charge in [0.25, 0.3) is 0 Å². The molecule has 2 N–H and O–H groups in total. The van der Waals surface area contributed by atoms with Crippen LogP contribution in [0.15, 0.2) is 16.7 Å². The lowest BCUT2D eigenvalue weighted by atomic mass is 10.3. The minimum atomic E-state index is 0.393. The summed E-state index contributed by atoms with van der Waals surface area (Å²) in [5.41, 5.74) is 0.832. The first-order valence-corrected chi connectivity index (χ1v) is 6.50. The van der Waals surface area contributed by atoms with Gasteiger partial charge in [-0.25, -0.2) is 9.97 Å². The van der Waals surface area contributed by atoms with Gasteiger partial charge in [0, 0.05) is 25.8 Å². The molecule has 0 unspecified atom stereocenters. The van der Waals surface area contributed by atoms with E-state index in [0.29, 0.717) is 25.6 Å². The molecule has 0 saturated heterocycles. The lowest BCUT2D eigenvalue weighted by molar-refractivity contribution is 0.128. The Kier molecular flexibility index (Phi) is 4.89. The first kappa shape index (κ1) is 14.3. The van der Waals surface area contributed by atoms with Crippen molar-refractivity contribution in [2.24, 2.45) is 0 Å². The van der Waals surface area contributed by atoms with Crippen molar-refractivity contribution >= 4 is 11.6 Å². The summed E-state index contributed by atoms with van der Waals surface area (Å²) in [6.07, 6.45) is 0. The van der Waals surface area contributed by atoms with E-state index in [2.05, 4.69) is 25.8 Å². The molecule has 2 aromatic heterocycles. The molecule has 0 saturated carbocycles. The number of nitrogens with zero attached hydrogens (tertiary/aromatic N) is 3. The van der Waals surface area contributed by atoms with E-state index < -0.39 is 0 Å². The van der Waals surface area contributed by atoms with Gasteiger partial charge in [-0.15, -0.1) is 0 Å². The molecule has 2 rings (SSSR count). The highest BCUT2D eigenvalue weighted by molar-refractivity contribution is 5.47. The van der Waals surface area contributed by atoms with Crippen molar-refractivity contribution in [3.63, 3.8) is 0 Å². The molecule has 20 heavy (non-hydrogen) atoms. The molecular weight excluding hydrogens is 258 g/mol. The Morgan fingerprint density at radius 2 is 2.05 bits per heavy atom. The normalized spacial score (nSPS) is 10.6. The van der Waals surface area contributed by atoms with Gasteiger partial charge in [0.2, 0.25) is 0 Å². The topological polar surface area (TPSA) is 85.1 Å². The van der Waals surface area contributed by atoms with E-state index in [1.54, 1.807) is 0 Å². The number of hydrogen-bond donors (Lipinski definition) is 2. The van der Waals surface area contributed by atoms with Crippen molar-refractivity contribution < 1.29 is 9.26 Å². The van der Waals surface area contributed by atoms with E-state index in [1.807, 2.05) is 33.0 Å². The maximum Gasteiger partial charge on any atom is 0.158 e. The number of hydrogen-bond acceptors (Lipinski definition) is 7. The Labute approximate surface area is 117 Å². The first-order chi connectivity index (χ1) is 9.71. The van der Waals surface area contributed by atoms with Gasteiger partial charge in [0.15, 0.2) is 5.82 Å². The smallest absolute Gasteiger partial charge is 0.158 e. The summed E-state index contributed by atoms with van der Waals surface area (Å²) in [6.45, 7) is 5.37. The lowest BCUT2D eigenvalue weighted by Crippen LogP contribution is -2.08. The second kappa shape index (κ2) is 6.85. The SMILES string of the molecule is CCOCc1nc(NC)cc(NCc2cc(C)on2)n1. The van der Waals surface area contributed by atoms with Crippen LogP contribution in [0.25, 0.3) is 0 Å². The van der Waals surface area contributed by atoms with E-state index in [1.165, 1.54) is 0 Å². The molecular formula is C13H19N5O2. The number of aryl methyl sites for hydroxylation is 1. The predicted molar refractivity (Wildman–Crippen MR) is 75.5 cm³/mol. The molecule has 0 aromatic carbocycles. The molecule has 0 radical (unpaired) electrons. The fourth-order valence-electron chi connectivity index (χ4n) is 1.66. The van der Waals surface area contributed by atoms with Crippen LogP contribution in [0.4, 0.5) is 11.6 Å². The Hall–Kier alpha value is -2.15. The Morgan fingerprint density at radius 1 is 1.25 bits per heavy atom. The second-order valence-corrected chi connectivity index (χ2v) is 4.22. The molecule has 2 heterocycles. The van der Waals surface area contributed by atoms with Crippen LogP contribution < -0.4 is 10.6 Å². The van der Waals surface area contributed by atoms with Crippen LogP contribution in [0.2, 0.25) is 0 Å². The zero-order valence-corrected chi connectivity index (χ0v) is 11.9. The number of aromatic nitrogens is 3. The van der Waals surface area contributed by atoms with Crippen LogP contribution in [-0.4, -0.2) is 28.8 Å². The third kappa shape index (κ3) is 3.92. The Bertz CT molecular complexity index is 555. The maximum absolute atomic E-state index is 5.33. The molecule has 0 fully saturated rings. The highest BCUT2D eigenvalue weighted by atomic mass is 16.5. The quantitative estimate of drug-likeness (QED) is 0.800. The van der Waals surface area contributed by atoms with Gasteiger partial charge in [-0.1, -0.05) is 5.16 Å². The van der Waals surface area contributed by atoms with Crippen molar-refractivity contribution in [1.82, 2.24) is 15.1 Å². The summed E-state index contributed by atoms with van der Waals surface area (Å²) in [7, 11) is 1.82. The van der Waals surface area contributed by atoms with Crippen LogP contribution >= 0.6 is 0 Å². The summed E-state index contributed by atoms with van der Waals surface area (Å²) >= 11 is 0. The zero-order chi connectivity index (χ0) is 14.4. The van der Waals surface area contributed by atoms with Crippen molar-refractivity contribution in [2.45, 2.75) is 27.0 Å². The van der Waals surface area contributed by atoms with Crippen molar-refractivity contribution in [3.05, 3.63) is 29.4 Å². The van der Waals surface area contributed by atoms with Gasteiger partial charge in [-0.05, 0) is 13.8 Å². The minimum absolute atomic E-state index is 0.393. The summed E-state index contributed by atoms with van der Waals surface area (Å²) in [5.74, 6) is 2.89. The van der Waals surface area contributed by atoms with E-state index in [4.69, 9.17) is 9.26 Å². The first-order valence-electron chi connectivity index (χ1n) is 6.50. The van der Waals surface area contributed by atoms with Gasteiger partial charge in [0.1, 0.15) is 29.7 Å². The molecule has 0 aliphatic carbocycles. The van der Waals surface area contributed by atoms with Gasteiger partial charge in [0.05, 0.1) is 6.54 Å². The fraction of sp³-hybridized carbons (Fsp3) is 0.462. The number of ether oxygens (including phenoxy) is 1. The fourth-order valence-corrected chi connectivity index (χ4v) is 1.66. The maximum atomic E-state index is 5.33. The third-order valence-electron chi connectivity index (χ3n) is 2.59. The van der Waals surface area contributed by atoms with E-state index in [-0.39, 0.29) is 0 Å². The molecule has 0 amide bonds. The van der Waals surface area contributed by atoms with Crippen LogP contribution in [0.1, 0.15) is 24.2 Å². The van der Waals surface area contributed by atoms with Crippen LogP contribution in [-0.2, 0) is 17.9 Å². The molecule has 0 aliphatic heterocycles. The molecule has 0 spiro atoms. The highest BCUT2D eigenvalue weighted by Gasteiger charge is 2.05. The summed E-state index contributed by atoms with van der Waals surface area (Å²) in [6, 6.07) is 3.72. The Morgan fingerprint density at radius 3 is 2.70 bits per heavy atom. The van der Waals surface area contributed by atoms with E-state index >= 15 is 0 Å². The summed E-state index contributed by atoms with van der Waals surface area (Å²) in [4.78, 5) is 8.72. The van der Waals surface area contributed by atoms with Gasteiger partial charge < -0.3 is 19.9 Å². The monoisotopic (exact) mass is 277 g/mol. The number of anilines is 2. The summed E-state index contributed by atoms with van der Waals surface area (Å²) < 4.78 is 10.4. The Balaban J connectivity index is 2.05. The predicted octanol–water partition coefficient (Wildman–Crippen LogP) is 1.96. The molecule has 0 atom stereocenters. The number of nitrogens with one attached hydrogen (secondary N) is 2. The zero-order valence-electron chi connectivity index (χ0n) is 11.9. The highest BCUT2D eigenvalue weighted by Crippen LogP contribution is 2.13. The van der Waals surface area contributed by atoms with Crippen LogP contribution in [0, 0.1) is 6.92 Å². The van der Waals surface area contributed by atoms with Gasteiger partial charge in [-0.3, -0.25) is 0 Å². The largest absolute Gasteiger partial charge is 0.374 e. The van der Waals surface area contributed by atoms with Crippen molar-refractivity contribution in [2.75, 3.05) is 24.3 Å². The summed E-state index contributed by atoms with van der Waals surface area (Å²) in [5, 5.41) is 10.1. The standard InChI is InChI=1S/C13H19N5O2/c1-4-19-8-13-16-11(14-3)6-12(17-13)15-7-10-5-9(2)20-18-10/h5-6H,4,7-8H2,1-3H3,(H2,14,15,16,17). The molecule has 0 bridgehead atoms. The van der Waals surface area contributed by atoms with Gasteiger partial charge >= 0.3 is 0 Å². The van der Waals surface area contributed by atoms with E-state index in [9.17, 15) is 0 Å². The lowest BCUT2D eigenvalue weighted by Gasteiger charge is -2.09. The third-order valence-corrected chi connectivity index (χ3v) is 2.59. The molecule has 108 valence electrons. The van der Waals surface area contributed by atoms with Crippen LogP contribution in [0.5, 0.6) is 0 Å². The molecule has 7 heteroatoms. The van der Waals surface area contributed by atoms with Crippen molar-refractivity contribution in [3.8, 4) is 0 Å². The molecule has 7 nitrogen and oxygen atoms in total. The van der Waals surface area contributed by atoms with Crippen LogP contribution in [0.3, 0.4) is 0 Å². The average molecular weight is 277 g/mol. The molecule has 2 aromatic rings. The van der Waals surface area contributed by atoms with Crippen molar-refractivity contribution in [1.29, 1.82) is 0 Å². The van der Waals surface area contributed by atoms with Gasteiger partial charge in [-0.2, -0.15) is 0 Å². The minimum Gasteiger partial charge on any atom is -0.374 e. The number of rotatable bonds is 7. The average Bonchev–Trinajstić information content (AvgIpc) is 2.88. The van der Waals surface area contributed by atoms with E-state index in [0.717, 1.165) is 23.1 Å². The second-order valence-electron chi connectivity index (χ2n) is 4.22. The molecule has 0 aliphatic rings.